The van der Waals surface area contributed by atoms with Gasteiger partial charge in [-0.2, -0.15) is 15.8 Å². The van der Waals surface area contributed by atoms with Gasteiger partial charge in [0, 0.05) is 52.1 Å². The molecule has 6 atom stereocenters. The summed E-state index contributed by atoms with van der Waals surface area (Å²) in [6, 6.07) is 6.20. The molecule has 0 aromatic rings. The van der Waals surface area contributed by atoms with Gasteiger partial charge in [0.1, 0.15) is 18.2 Å². The van der Waals surface area contributed by atoms with Crippen LogP contribution in [0, 0.1) is 84.2 Å². The van der Waals surface area contributed by atoms with E-state index in [4.69, 9.17) is 15.8 Å². The Morgan fingerprint density at radius 3 is 1.24 bits per heavy atom. The van der Waals surface area contributed by atoms with Gasteiger partial charge in [0.2, 0.25) is 0 Å². The van der Waals surface area contributed by atoms with Crippen molar-refractivity contribution in [2.45, 2.75) is 81.6 Å². The zero-order chi connectivity index (χ0) is 37.7. The Morgan fingerprint density at radius 1 is 0.580 bits per heavy atom. The van der Waals surface area contributed by atoms with Crippen LogP contribution in [0.4, 0.5) is 0 Å². The van der Waals surface area contributed by atoms with Crippen LogP contribution in [-0.4, -0.2) is 80.5 Å². The van der Waals surface area contributed by atoms with E-state index in [9.17, 15) is 14.4 Å². The summed E-state index contributed by atoms with van der Waals surface area (Å²) in [7, 11) is 4.20. The number of carbonyl (C=O) groups is 3. The van der Waals surface area contributed by atoms with Gasteiger partial charge in [-0.05, 0) is 70.7 Å². The van der Waals surface area contributed by atoms with Gasteiger partial charge >= 0.3 is 0 Å². The summed E-state index contributed by atoms with van der Waals surface area (Å²) in [6.07, 6.45) is 8.78. The molecule has 0 unspecified atom stereocenters. The van der Waals surface area contributed by atoms with Crippen LogP contribution in [-0.2, 0) is 14.4 Å². The molecule has 3 heterocycles. The first-order chi connectivity index (χ1) is 23.0. The molecule has 1 N–H and O–H groups in total. The van der Waals surface area contributed by atoms with Crippen LogP contribution in [0.25, 0.3) is 0 Å². The lowest BCUT2D eigenvalue weighted by molar-refractivity contribution is -0.132. The summed E-state index contributed by atoms with van der Waals surface area (Å²) in [5.74, 6) is 1.08. The molecule has 50 heavy (non-hydrogen) atoms. The number of nitriles is 3. The Hall–Kier alpha value is -3.42. The maximum absolute atomic E-state index is 12.3. The molecular weight excluding hydrogens is 624 g/mol. The monoisotopic (exact) mass is 682 g/mol. The van der Waals surface area contributed by atoms with Crippen molar-refractivity contribution < 1.29 is 14.4 Å². The number of Topliss-reactive ketones (excluding diaryl/α,β-unsaturated/α-hetero) is 3. The predicted octanol–water partition coefficient (Wildman–Crippen LogP) is 5.67. The van der Waals surface area contributed by atoms with Crippen molar-refractivity contribution in [2.75, 3.05) is 53.4 Å². The van der Waals surface area contributed by atoms with Gasteiger partial charge < -0.3 is 15.1 Å². The average Bonchev–Trinajstić information content (AvgIpc) is 3.03. The van der Waals surface area contributed by atoms with E-state index in [1.165, 1.54) is 0 Å². The van der Waals surface area contributed by atoms with E-state index in [-0.39, 0.29) is 33.6 Å². The summed E-state index contributed by atoms with van der Waals surface area (Å²) in [6.45, 7) is 24.2. The van der Waals surface area contributed by atoms with Gasteiger partial charge in [-0.15, -0.1) is 0 Å². The van der Waals surface area contributed by atoms with Crippen molar-refractivity contribution in [3.05, 3.63) is 34.9 Å². The van der Waals surface area contributed by atoms with Crippen molar-refractivity contribution in [1.82, 2.24) is 15.1 Å². The number of nitrogens with zero attached hydrogens (tertiary/aromatic N) is 5. The van der Waals surface area contributed by atoms with E-state index < -0.39 is 16.2 Å². The zero-order valence-corrected chi connectivity index (χ0v) is 32.3. The highest BCUT2D eigenvalue weighted by molar-refractivity contribution is 6.05. The van der Waals surface area contributed by atoms with E-state index in [1.54, 1.807) is 0 Å². The first-order valence-electron chi connectivity index (χ1n) is 18.1. The second kappa shape index (κ2) is 13.6. The number of rotatable bonds is 0. The van der Waals surface area contributed by atoms with Crippen LogP contribution < -0.4 is 5.32 Å². The second-order valence-electron chi connectivity index (χ2n) is 18.4. The Bertz CT molecular complexity index is 1560. The van der Waals surface area contributed by atoms with Gasteiger partial charge in [-0.25, -0.2) is 0 Å². The van der Waals surface area contributed by atoms with E-state index in [1.807, 2.05) is 59.8 Å². The molecule has 0 amide bonds. The molecule has 0 bridgehead atoms. The van der Waals surface area contributed by atoms with Crippen LogP contribution in [0.15, 0.2) is 34.9 Å². The molecule has 0 aromatic carbocycles. The molecule has 6 aliphatic rings. The van der Waals surface area contributed by atoms with Crippen molar-refractivity contribution in [3.63, 3.8) is 0 Å². The molecule has 0 saturated carbocycles. The number of carbonyl (C=O) groups excluding carboxylic acids is 3. The van der Waals surface area contributed by atoms with Gasteiger partial charge in [0.15, 0.2) is 17.3 Å². The molecule has 3 saturated heterocycles. The molecule has 3 aliphatic heterocycles. The molecule has 0 spiro atoms. The number of nitrogens with one attached hydrogen (secondary N) is 1. The summed E-state index contributed by atoms with van der Waals surface area (Å²) in [5, 5.41) is 30.6. The molecule has 270 valence electrons. The van der Waals surface area contributed by atoms with Gasteiger partial charge in [0.25, 0.3) is 0 Å². The molecule has 0 aromatic heterocycles. The van der Waals surface area contributed by atoms with Crippen molar-refractivity contribution >= 4 is 17.3 Å². The minimum Gasteiger partial charge on any atom is -0.316 e. The van der Waals surface area contributed by atoms with Crippen molar-refractivity contribution in [2.24, 2.45) is 50.2 Å². The lowest BCUT2D eigenvalue weighted by Gasteiger charge is -2.52. The number of likely N-dealkylation sites (tertiary alicyclic amines) is 2. The Kier molecular flexibility index (Phi) is 10.7. The normalized spacial score (nSPS) is 37.1. The van der Waals surface area contributed by atoms with Crippen LogP contribution in [0.2, 0.25) is 0 Å². The lowest BCUT2D eigenvalue weighted by Crippen LogP contribution is -2.54. The Morgan fingerprint density at radius 2 is 0.900 bits per heavy atom. The van der Waals surface area contributed by atoms with Crippen LogP contribution in [0.5, 0.6) is 0 Å². The number of piperidine rings is 3. The van der Waals surface area contributed by atoms with E-state index in [0.29, 0.717) is 34.5 Å². The average molecular weight is 683 g/mol. The summed E-state index contributed by atoms with van der Waals surface area (Å²) in [5.41, 5.74) is -0.325. The third-order valence-electron chi connectivity index (χ3n) is 13.2. The minimum atomic E-state index is -0.407. The summed E-state index contributed by atoms with van der Waals surface area (Å²) in [4.78, 5) is 41.2. The van der Waals surface area contributed by atoms with Crippen molar-refractivity contribution in [3.8, 4) is 18.2 Å². The van der Waals surface area contributed by atoms with Gasteiger partial charge in [-0.1, -0.05) is 80.5 Å². The zero-order valence-electron chi connectivity index (χ0n) is 32.3. The molecule has 3 aliphatic carbocycles. The number of allylic oxidation sites excluding steroid dienone is 3. The maximum atomic E-state index is 12.3. The highest BCUT2D eigenvalue weighted by Gasteiger charge is 2.54. The first-order valence-corrected chi connectivity index (χ1v) is 18.1. The van der Waals surface area contributed by atoms with E-state index in [2.05, 4.69) is 68.2 Å². The number of ketones is 3. The fourth-order valence-electron chi connectivity index (χ4n) is 10.9. The third kappa shape index (κ3) is 6.80. The Balaban J connectivity index is 0.000000169. The number of hydrogen-bond acceptors (Lipinski definition) is 9. The fraction of sp³-hybridized carbons (Fsp3) is 0.707. The molecule has 6 rings (SSSR count). The van der Waals surface area contributed by atoms with Crippen LogP contribution in [0.3, 0.4) is 0 Å². The van der Waals surface area contributed by atoms with Crippen LogP contribution in [0.1, 0.15) is 81.6 Å². The molecular formula is C41H58N6O3. The highest BCUT2D eigenvalue weighted by atomic mass is 16.1. The number of hydrogen-bond donors (Lipinski definition) is 1. The second-order valence-corrected chi connectivity index (χ2v) is 18.4. The predicted molar refractivity (Wildman–Crippen MR) is 194 cm³/mol. The molecule has 9 heteroatoms. The quantitative estimate of drug-likeness (QED) is 0.342. The topological polar surface area (TPSA) is 141 Å². The fourth-order valence-corrected chi connectivity index (χ4v) is 10.9. The lowest BCUT2D eigenvalue weighted by atomic mass is 9.55. The molecule has 3 fully saturated rings. The summed E-state index contributed by atoms with van der Waals surface area (Å²) < 4.78 is 0. The largest absolute Gasteiger partial charge is 0.316 e. The first kappa shape index (κ1) is 39.4. The maximum Gasteiger partial charge on any atom is 0.178 e. The third-order valence-corrected chi connectivity index (χ3v) is 13.2. The molecule has 0 radical (unpaired) electrons. The van der Waals surface area contributed by atoms with E-state index >= 15 is 0 Å². The van der Waals surface area contributed by atoms with Crippen molar-refractivity contribution in [1.29, 1.82) is 15.8 Å². The highest BCUT2D eigenvalue weighted by Crippen LogP contribution is 2.53. The van der Waals surface area contributed by atoms with Crippen LogP contribution >= 0.6 is 0 Å². The van der Waals surface area contributed by atoms with Gasteiger partial charge in [-0.3, -0.25) is 14.4 Å². The smallest absolute Gasteiger partial charge is 0.178 e. The molecule has 9 nitrogen and oxygen atoms in total. The minimum absolute atomic E-state index is 0.0133. The summed E-state index contributed by atoms with van der Waals surface area (Å²) >= 11 is 0. The standard InChI is InChI=1S/2C14H20N2O.C13H18N2O/c2*1-13(2)11-5-6-16(4)9-14(11,3)7-10(8-15)12(13)17;1-12(2)10-4-5-15-8-13(10,3)6-9(7-14)11(12)16/h2*7,11H,5-6,9H2,1-4H3;6,10,15H,4-5,8H2,1-3H3/t2*11-,14+;10-,13+/m100/s1. The van der Waals surface area contributed by atoms with E-state index in [0.717, 1.165) is 58.5 Å². The SMILES string of the molecule is CC1(C)C(=O)C(C#N)=C[C@]2(C)CNCC[C@@H]12.CN1CC[C@@H]2C(C)(C)C(=O)C(C#N)=C[C@@]2(C)C1.CN1CC[C@H]2C(C)(C)C(=O)C(C#N)=C[C@]2(C)C1. The number of fused-ring (bicyclic) bond motifs is 3. The van der Waals surface area contributed by atoms with Gasteiger partial charge in [0.05, 0.1) is 16.7 Å². The Labute approximate surface area is 300 Å².